The highest BCUT2D eigenvalue weighted by molar-refractivity contribution is 8.45. The van der Waals surface area contributed by atoms with Crippen LogP contribution in [0.3, 0.4) is 0 Å². The van der Waals surface area contributed by atoms with Gasteiger partial charge < -0.3 is 0 Å². The van der Waals surface area contributed by atoms with E-state index in [1.165, 1.54) is 6.92 Å². The van der Waals surface area contributed by atoms with Crippen molar-refractivity contribution in [1.82, 2.24) is 0 Å². The van der Waals surface area contributed by atoms with Gasteiger partial charge >= 0.3 is 10.2 Å². The summed E-state index contributed by atoms with van der Waals surface area (Å²) in [5, 5.41) is 5.29. The Labute approximate surface area is 127 Å². The van der Waals surface area contributed by atoms with Crippen LogP contribution in [0.25, 0.3) is 0 Å². The lowest BCUT2D eigenvalue weighted by Gasteiger charge is -2.40. The van der Waals surface area contributed by atoms with E-state index in [1.54, 1.807) is 13.8 Å². The first kappa shape index (κ1) is 19.3. The van der Waals surface area contributed by atoms with E-state index in [4.69, 9.17) is 5.14 Å². The maximum Gasteiger partial charge on any atom is 0.310 e. The van der Waals surface area contributed by atoms with E-state index >= 15 is 0 Å². The van der Waals surface area contributed by atoms with Gasteiger partial charge in [0.05, 0.1) is 15.7 Å². The van der Waals surface area contributed by atoms with Crippen molar-refractivity contribution >= 4 is 21.2 Å². The SMILES string of the molecule is C[C@H](CC(C)(C)S(N)=O)c1ccc(S(F)(F)(F)(F)F)cc1F. The van der Waals surface area contributed by atoms with Crippen LogP contribution in [0.15, 0.2) is 23.1 Å². The summed E-state index contributed by atoms with van der Waals surface area (Å²) in [6.45, 7) is 4.60. The zero-order chi connectivity index (χ0) is 17.6. The Hall–Kier alpha value is -0.740. The summed E-state index contributed by atoms with van der Waals surface area (Å²) in [6.07, 6.45) is 0.114. The minimum atomic E-state index is -9.90. The summed E-state index contributed by atoms with van der Waals surface area (Å²) < 4.78 is 87.3. The van der Waals surface area contributed by atoms with Crippen molar-refractivity contribution in [2.24, 2.45) is 5.14 Å². The van der Waals surface area contributed by atoms with E-state index < -0.39 is 42.6 Å². The maximum atomic E-state index is 13.8. The third-order valence-electron chi connectivity index (χ3n) is 3.29. The van der Waals surface area contributed by atoms with Gasteiger partial charge in [-0.1, -0.05) is 32.4 Å². The van der Waals surface area contributed by atoms with Crippen molar-refractivity contribution < 1.29 is 28.0 Å². The fourth-order valence-corrected chi connectivity index (χ4v) is 3.14. The van der Waals surface area contributed by atoms with Crippen molar-refractivity contribution in [2.45, 2.75) is 42.8 Å². The molecule has 10 heteroatoms. The first-order valence-electron chi connectivity index (χ1n) is 6.14. The smallest absolute Gasteiger partial charge is 0.251 e. The van der Waals surface area contributed by atoms with Gasteiger partial charge in [-0.25, -0.2) is 8.60 Å². The molecule has 0 aromatic heterocycles. The largest absolute Gasteiger partial charge is 0.310 e. The van der Waals surface area contributed by atoms with E-state index in [0.717, 1.165) is 0 Å². The second-order valence-electron chi connectivity index (χ2n) is 5.81. The molecule has 0 spiro atoms. The van der Waals surface area contributed by atoms with Gasteiger partial charge in [0, 0.05) is 0 Å². The standard InChI is InChI=1S/C12H17F6NOS2/c1-8(7-12(2,3)21(19)20)10-5-4-9(6-11(10)13)22(14,15,16,17)18/h4-6,8H,7,19H2,1-3H3/t8-,21?/m1/s1. The highest BCUT2D eigenvalue weighted by Gasteiger charge is 2.65. The lowest BCUT2D eigenvalue weighted by atomic mass is 9.91. The van der Waals surface area contributed by atoms with Crippen molar-refractivity contribution in [1.29, 1.82) is 0 Å². The van der Waals surface area contributed by atoms with Gasteiger partial charge in [0.2, 0.25) is 0 Å². The maximum absolute atomic E-state index is 13.8. The average Bonchev–Trinajstić information content (AvgIpc) is 2.24. The number of halogens is 6. The van der Waals surface area contributed by atoms with Crippen LogP contribution < -0.4 is 5.14 Å². The predicted octanol–water partition coefficient (Wildman–Crippen LogP) is 5.38. The minimum absolute atomic E-state index is 0.114. The van der Waals surface area contributed by atoms with Crippen molar-refractivity contribution in [3.63, 3.8) is 0 Å². The lowest BCUT2D eigenvalue weighted by molar-refractivity contribution is 0.362. The third-order valence-corrected chi connectivity index (χ3v) is 5.69. The van der Waals surface area contributed by atoms with Crippen LogP contribution in [0.5, 0.6) is 0 Å². The molecule has 0 saturated carbocycles. The van der Waals surface area contributed by atoms with Crippen LogP contribution in [0.2, 0.25) is 0 Å². The summed E-state index contributed by atoms with van der Waals surface area (Å²) in [6, 6.07) is 0.658. The van der Waals surface area contributed by atoms with Gasteiger partial charge in [-0.3, -0.25) is 5.14 Å². The molecule has 1 aromatic carbocycles. The molecule has 2 N–H and O–H groups in total. The Morgan fingerprint density at radius 3 is 2.09 bits per heavy atom. The molecule has 22 heavy (non-hydrogen) atoms. The molecule has 0 bridgehead atoms. The Morgan fingerprint density at radius 1 is 1.23 bits per heavy atom. The fourth-order valence-electron chi connectivity index (χ4n) is 2.08. The van der Waals surface area contributed by atoms with E-state index in [-0.39, 0.29) is 24.1 Å². The molecule has 0 aliphatic heterocycles. The normalized spacial score (nSPS) is 19.2. The molecule has 2 atom stereocenters. The quantitative estimate of drug-likeness (QED) is 0.696. The fraction of sp³-hybridized carbons (Fsp3) is 0.500. The van der Waals surface area contributed by atoms with Gasteiger partial charge in [0.1, 0.15) is 10.7 Å². The molecule has 130 valence electrons. The number of nitrogens with two attached hydrogens (primary N) is 1. The zero-order valence-corrected chi connectivity index (χ0v) is 13.7. The van der Waals surface area contributed by atoms with Crippen LogP contribution in [-0.2, 0) is 11.0 Å². The van der Waals surface area contributed by atoms with Crippen LogP contribution in [0, 0.1) is 5.82 Å². The molecule has 0 saturated heterocycles. The molecule has 0 amide bonds. The summed E-state index contributed by atoms with van der Waals surface area (Å²) in [5.41, 5.74) is -0.163. The number of rotatable bonds is 5. The monoisotopic (exact) mass is 369 g/mol. The zero-order valence-electron chi connectivity index (χ0n) is 12.1. The molecule has 0 aliphatic rings. The van der Waals surface area contributed by atoms with Gasteiger partial charge in [0.15, 0.2) is 0 Å². The van der Waals surface area contributed by atoms with Crippen LogP contribution in [-0.4, -0.2) is 8.96 Å². The van der Waals surface area contributed by atoms with Gasteiger partial charge in [-0.15, -0.1) is 0 Å². The number of benzene rings is 1. The molecule has 0 radical (unpaired) electrons. The first-order chi connectivity index (χ1) is 9.44. The van der Waals surface area contributed by atoms with Gasteiger partial charge in [-0.05, 0) is 43.9 Å². The van der Waals surface area contributed by atoms with E-state index in [9.17, 15) is 28.0 Å². The second-order valence-corrected chi connectivity index (χ2v) is 9.92. The van der Waals surface area contributed by atoms with Crippen molar-refractivity contribution in [3.05, 3.63) is 29.6 Å². The van der Waals surface area contributed by atoms with E-state index in [1.807, 2.05) is 0 Å². The van der Waals surface area contributed by atoms with E-state index in [2.05, 4.69) is 0 Å². The molecule has 2 nitrogen and oxygen atoms in total. The van der Waals surface area contributed by atoms with Gasteiger partial charge in [0.25, 0.3) is 0 Å². The molecular weight excluding hydrogens is 352 g/mol. The number of hydrogen-bond acceptors (Lipinski definition) is 1. The second kappa shape index (κ2) is 4.88. The molecule has 1 rings (SSSR count). The average molecular weight is 369 g/mol. The summed E-state index contributed by atoms with van der Waals surface area (Å²) in [4.78, 5) is -2.27. The molecule has 0 heterocycles. The topological polar surface area (TPSA) is 43.1 Å². The summed E-state index contributed by atoms with van der Waals surface area (Å²) >= 11 is 0. The Morgan fingerprint density at radius 2 is 1.73 bits per heavy atom. The van der Waals surface area contributed by atoms with Crippen LogP contribution in [0.1, 0.15) is 38.7 Å². The molecule has 1 unspecified atom stereocenters. The first-order valence-corrected chi connectivity index (χ1v) is 9.30. The molecule has 1 aromatic rings. The lowest BCUT2D eigenvalue weighted by Crippen LogP contribution is -2.33. The van der Waals surface area contributed by atoms with Crippen molar-refractivity contribution in [2.75, 3.05) is 0 Å². The van der Waals surface area contributed by atoms with Crippen molar-refractivity contribution in [3.8, 4) is 0 Å². The van der Waals surface area contributed by atoms with Crippen LogP contribution in [0.4, 0.5) is 23.8 Å². The molecule has 0 aliphatic carbocycles. The highest BCUT2D eigenvalue weighted by Crippen LogP contribution is 3.02. The third kappa shape index (κ3) is 4.63. The molecule has 0 fully saturated rings. The highest BCUT2D eigenvalue weighted by atomic mass is 32.5. The Bertz CT molecular complexity index is 614. The number of hydrogen-bond donors (Lipinski definition) is 1. The summed E-state index contributed by atoms with van der Waals surface area (Å²) in [7, 11) is -11.6. The van der Waals surface area contributed by atoms with E-state index in [0.29, 0.717) is 6.07 Å². The predicted molar refractivity (Wildman–Crippen MR) is 77.2 cm³/mol. The van der Waals surface area contributed by atoms with Gasteiger partial charge in [-0.2, -0.15) is 0 Å². The minimum Gasteiger partial charge on any atom is -0.251 e. The molecular formula is C12H17F6NOS2. The summed E-state index contributed by atoms with van der Waals surface area (Å²) in [5.74, 6) is -2.02. The Kier molecular flexibility index (Phi) is 4.28. The Balaban J connectivity index is 3.19. The van der Waals surface area contributed by atoms with Crippen LogP contribution >= 0.6 is 10.2 Å².